The molecule has 0 aliphatic rings. The van der Waals surface area contributed by atoms with Gasteiger partial charge in [-0.25, -0.2) is 0 Å². The van der Waals surface area contributed by atoms with E-state index in [1.165, 1.54) is 0 Å². The van der Waals surface area contributed by atoms with Crippen molar-refractivity contribution in [2.24, 2.45) is 11.7 Å². The molecule has 1 rings (SSSR count). The zero-order valence-corrected chi connectivity index (χ0v) is 10.3. The van der Waals surface area contributed by atoms with E-state index in [9.17, 15) is 0 Å². The molecule has 0 saturated heterocycles. The van der Waals surface area contributed by atoms with Crippen LogP contribution in [0.5, 0.6) is 11.5 Å². The molecule has 90 valence electrons. The number of ether oxygens (including phenoxy) is 2. The molecule has 3 heteroatoms. The Balaban J connectivity index is 2.46. The lowest BCUT2D eigenvalue weighted by molar-refractivity contribution is 0.190. The second-order valence-corrected chi connectivity index (χ2v) is 4.18. The van der Waals surface area contributed by atoms with Gasteiger partial charge in [0.15, 0.2) is 0 Å². The van der Waals surface area contributed by atoms with Gasteiger partial charge in [-0.3, -0.25) is 0 Å². The Morgan fingerprint density at radius 1 is 1.12 bits per heavy atom. The standard InChI is InChI=1S/C13H21NO2/c1-10(9-14)8-11(2)16-13-6-4-12(15-3)5-7-13/h4-7,10-11H,8-9,14H2,1-3H3. The molecule has 0 radical (unpaired) electrons. The molecule has 0 heterocycles. The zero-order chi connectivity index (χ0) is 12.0. The first-order valence-corrected chi connectivity index (χ1v) is 5.66. The number of nitrogens with two attached hydrogens (primary N) is 1. The fraction of sp³-hybridized carbons (Fsp3) is 0.538. The van der Waals surface area contributed by atoms with Crippen molar-refractivity contribution in [3.05, 3.63) is 24.3 Å². The summed E-state index contributed by atoms with van der Waals surface area (Å²) in [5, 5.41) is 0. The van der Waals surface area contributed by atoms with Gasteiger partial charge in [-0.2, -0.15) is 0 Å². The Kier molecular flexibility index (Phi) is 5.12. The first kappa shape index (κ1) is 12.8. The highest BCUT2D eigenvalue weighted by Gasteiger charge is 2.08. The van der Waals surface area contributed by atoms with E-state index in [1.807, 2.05) is 24.3 Å². The van der Waals surface area contributed by atoms with E-state index in [1.54, 1.807) is 7.11 Å². The molecule has 0 amide bonds. The average molecular weight is 223 g/mol. The van der Waals surface area contributed by atoms with Crippen LogP contribution in [0.15, 0.2) is 24.3 Å². The van der Waals surface area contributed by atoms with E-state index >= 15 is 0 Å². The largest absolute Gasteiger partial charge is 0.497 e. The predicted octanol–water partition coefficient (Wildman–Crippen LogP) is 2.45. The van der Waals surface area contributed by atoms with Crippen LogP contribution >= 0.6 is 0 Å². The molecule has 1 aromatic rings. The zero-order valence-electron chi connectivity index (χ0n) is 10.3. The lowest BCUT2D eigenvalue weighted by atomic mass is 10.1. The molecule has 0 bridgehead atoms. The second kappa shape index (κ2) is 6.38. The summed E-state index contributed by atoms with van der Waals surface area (Å²) in [5.41, 5.74) is 5.58. The topological polar surface area (TPSA) is 44.5 Å². The van der Waals surface area contributed by atoms with E-state index in [0.717, 1.165) is 17.9 Å². The number of hydrogen-bond donors (Lipinski definition) is 1. The number of rotatable bonds is 6. The van der Waals surface area contributed by atoms with Crippen molar-refractivity contribution in [1.29, 1.82) is 0 Å². The van der Waals surface area contributed by atoms with Gasteiger partial charge in [0.25, 0.3) is 0 Å². The number of hydrogen-bond acceptors (Lipinski definition) is 3. The van der Waals surface area contributed by atoms with E-state index in [2.05, 4.69) is 13.8 Å². The summed E-state index contributed by atoms with van der Waals surface area (Å²) in [7, 11) is 1.65. The van der Waals surface area contributed by atoms with Crippen LogP contribution in [0.3, 0.4) is 0 Å². The summed E-state index contributed by atoms with van der Waals surface area (Å²) in [5.74, 6) is 2.21. The summed E-state index contributed by atoms with van der Waals surface area (Å²) in [6, 6.07) is 7.63. The van der Waals surface area contributed by atoms with Crippen LogP contribution in [0.1, 0.15) is 20.3 Å². The van der Waals surface area contributed by atoms with Crippen LogP contribution in [0, 0.1) is 5.92 Å². The Morgan fingerprint density at radius 3 is 2.19 bits per heavy atom. The minimum atomic E-state index is 0.187. The van der Waals surface area contributed by atoms with Gasteiger partial charge >= 0.3 is 0 Å². The predicted molar refractivity (Wildman–Crippen MR) is 65.9 cm³/mol. The minimum Gasteiger partial charge on any atom is -0.497 e. The molecular weight excluding hydrogens is 202 g/mol. The molecule has 0 aliphatic carbocycles. The highest BCUT2D eigenvalue weighted by molar-refractivity contribution is 5.31. The van der Waals surface area contributed by atoms with Crippen molar-refractivity contribution in [2.45, 2.75) is 26.4 Å². The third-order valence-corrected chi connectivity index (χ3v) is 2.53. The number of methoxy groups -OCH3 is 1. The maximum atomic E-state index is 5.78. The van der Waals surface area contributed by atoms with Crippen LogP contribution in [-0.4, -0.2) is 19.8 Å². The first-order valence-electron chi connectivity index (χ1n) is 5.66. The van der Waals surface area contributed by atoms with Crippen LogP contribution in [0.25, 0.3) is 0 Å². The monoisotopic (exact) mass is 223 g/mol. The third kappa shape index (κ3) is 4.11. The molecule has 2 unspecified atom stereocenters. The van der Waals surface area contributed by atoms with Crippen LogP contribution in [0.4, 0.5) is 0 Å². The van der Waals surface area contributed by atoms with Gasteiger partial charge in [0, 0.05) is 0 Å². The Hall–Kier alpha value is -1.22. The summed E-state index contributed by atoms with van der Waals surface area (Å²) >= 11 is 0. The van der Waals surface area contributed by atoms with E-state index in [4.69, 9.17) is 15.2 Å². The van der Waals surface area contributed by atoms with Gasteiger partial charge in [0.1, 0.15) is 11.5 Å². The Morgan fingerprint density at radius 2 is 1.69 bits per heavy atom. The SMILES string of the molecule is COc1ccc(OC(C)CC(C)CN)cc1. The molecule has 0 fully saturated rings. The summed E-state index contributed by atoms with van der Waals surface area (Å²) < 4.78 is 10.9. The van der Waals surface area contributed by atoms with Gasteiger partial charge < -0.3 is 15.2 Å². The fourth-order valence-electron chi connectivity index (χ4n) is 1.60. The maximum Gasteiger partial charge on any atom is 0.119 e. The lowest BCUT2D eigenvalue weighted by Gasteiger charge is -2.18. The van der Waals surface area contributed by atoms with E-state index in [-0.39, 0.29) is 6.10 Å². The van der Waals surface area contributed by atoms with Gasteiger partial charge in [-0.1, -0.05) is 6.92 Å². The van der Waals surface area contributed by atoms with Gasteiger partial charge in [0.05, 0.1) is 13.2 Å². The smallest absolute Gasteiger partial charge is 0.119 e. The molecule has 0 spiro atoms. The van der Waals surface area contributed by atoms with Crippen molar-refractivity contribution in [2.75, 3.05) is 13.7 Å². The molecule has 3 nitrogen and oxygen atoms in total. The average Bonchev–Trinajstić information content (AvgIpc) is 2.29. The van der Waals surface area contributed by atoms with Crippen molar-refractivity contribution in [3.8, 4) is 11.5 Å². The van der Waals surface area contributed by atoms with Crippen molar-refractivity contribution in [3.63, 3.8) is 0 Å². The van der Waals surface area contributed by atoms with Gasteiger partial charge in [-0.05, 0) is 50.1 Å². The molecule has 16 heavy (non-hydrogen) atoms. The highest BCUT2D eigenvalue weighted by Crippen LogP contribution is 2.19. The molecule has 2 atom stereocenters. The molecule has 0 saturated carbocycles. The maximum absolute atomic E-state index is 5.78. The Labute approximate surface area is 97.6 Å². The minimum absolute atomic E-state index is 0.187. The van der Waals surface area contributed by atoms with Gasteiger partial charge in [0.2, 0.25) is 0 Å². The summed E-state index contributed by atoms with van der Waals surface area (Å²) in [6.07, 6.45) is 1.16. The highest BCUT2D eigenvalue weighted by atomic mass is 16.5. The summed E-state index contributed by atoms with van der Waals surface area (Å²) in [6.45, 7) is 4.90. The van der Waals surface area contributed by atoms with Crippen molar-refractivity contribution < 1.29 is 9.47 Å². The molecular formula is C13H21NO2. The number of benzene rings is 1. The van der Waals surface area contributed by atoms with Crippen LogP contribution in [0.2, 0.25) is 0 Å². The molecule has 0 aliphatic heterocycles. The first-order chi connectivity index (χ1) is 7.65. The third-order valence-electron chi connectivity index (χ3n) is 2.53. The fourth-order valence-corrected chi connectivity index (χ4v) is 1.60. The second-order valence-electron chi connectivity index (χ2n) is 4.18. The quantitative estimate of drug-likeness (QED) is 0.805. The van der Waals surface area contributed by atoms with E-state index < -0.39 is 0 Å². The lowest BCUT2D eigenvalue weighted by Crippen LogP contribution is -2.20. The van der Waals surface area contributed by atoms with E-state index in [0.29, 0.717) is 12.5 Å². The normalized spacial score (nSPS) is 14.2. The molecule has 0 aromatic heterocycles. The van der Waals surface area contributed by atoms with Crippen LogP contribution in [-0.2, 0) is 0 Å². The van der Waals surface area contributed by atoms with Crippen molar-refractivity contribution in [1.82, 2.24) is 0 Å². The van der Waals surface area contributed by atoms with Crippen LogP contribution < -0.4 is 15.2 Å². The van der Waals surface area contributed by atoms with Gasteiger partial charge in [-0.15, -0.1) is 0 Å². The van der Waals surface area contributed by atoms with Crippen molar-refractivity contribution >= 4 is 0 Å². The molecule has 1 aromatic carbocycles. The summed E-state index contributed by atoms with van der Waals surface area (Å²) in [4.78, 5) is 0. The Bertz CT molecular complexity index is 297. The molecule has 2 N–H and O–H groups in total.